The van der Waals surface area contributed by atoms with Crippen LogP contribution in [0.4, 0.5) is 22.4 Å². The minimum absolute atomic E-state index is 0.116. The number of rotatable bonds is 8. The van der Waals surface area contributed by atoms with E-state index in [1.165, 1.54) is 0 Å². The van der Waals surface area contributed by atoms with Gasteiger partial charge in [-0.25, -0.2) is 14.0 Å². The van der Waals surface area contributed by atoms with Crippen molar-refractivity contribution in [1.82, 2.24) is 19.4 Å². The van der Waals surface area contributed by atoms with Crippen molar-refractivity contribution in [3.63, 3.8) is 0 Å². The number of halogens is 4. The summed E-state index contributed by atoms with van der Waals surface area (Å²) in [5.74, 6) is -1.14. The molecule has 4 aromatic rings. The number of alkyl carbamates (subject to hydrolysis) is 1. The number of hydrogen-bond acceptors (Lipinski definition) is 6. The van der Waals surface area contributed by atoms with Gasteiger partial charge in [0.25, 0.3) is 5.56 Å². The topological polar surface area (TPSA) is 94.8 Å². The molecule has 0 saturated carbocycles. The lowest BCUT2D eigenvalue weighted by Gasteiger charge is -2.39. The predicted molar refractivity (Wildman–Crippen MR) is 181 cm³/mol. The molecule has 2 aliphatic heterocycles. The summed E-state index contributed by atoms with van der Waals surface area (Å²) >= 11 is 0. The lowest BCUT2D eigenvalue weighted by atomic mass is 9.85. The summed E-state index contributed by atoms with van der Waals surface area (Å²) in [4.78, 5) is 44.1. The van der Waals surface area contributed by atoms with Crippen molar-refractivity contribution in [3.05, 3.63) is 139 Å². The molecule has 13 heteroatoms. The number of alkyl halides is 3. The van der Waals surface area contributed by atoms with Gasteiger partial charge in [0.15, 0.2) is 0 Å². The van der Waals surface area contributed by atoms with Crippen LogP contribution in [0.3, 0.4) is 0 Å². The molecule has 9 nitrogen and oxygen atoms in total. The molecule has 1 N–H and O–H groups in total. The van der Waals surface area contributed by atoms with Crippen LogP contribution in [0.2, 0.25) is 0 Å². The first-order valence-corrected chi connectivity index (χ1v) is 16.8. The fraction of sp³-hybridized carbons (Fsp3) is 0.395. The third kappa shape index (κ3) is 7.79. The van der Waals surface area contributed by atoms with E-state index in [0.717, 1.165) is 32.9 Å². The molecule has 0 radical (unpaired) electrons. The van der Waals surface area contributed by atoms with Gasteiger partial charge >= 0.3 is 18.0 Å². The number of carbonyl (C=O) groups excluding carboxylic acids is 1. The van der Waals surface area contributed by atoms with Crippen LogP contribution in [0.15, 0.2) is 88.5 Å². The van der Waals surface area contributed by atoms with E-state index >= 15 is 4.39 Å². The third-order valence-corrected chi connectivity index (χ3v) is 9.39. The highest BCUT2D eigenvalue weighted by Crippen LogP contribution is 2.43. The molecule has 1 aromatic heterocycles. The van der Waals surface area contributed by atoms with E-state index in [1.54, 1.807) is 51.1 Å². The van der Waals surface area contributed by atoms with Gasteiger partial charge in [-0.2, -0.15) is 13.2 Å². The monoisotopic (exact) mass is 708 g/mol. The van der Waals surface area contributed by atoms with Crippen molar-refractivity contribution in [2.45, 2.75) is 83.3 Å². The molecule has 1 atom stereocenters. The average molecular weight is 709 g/mol. The molecule has 1 fully saturated rings. The van der Waals surface area contributed by atoms with E-state index in [9.17, 15) is 27.6 Å². The van der Waals surface area contributed by atoms with Crippen molar-refractivity contribution in [2.24, 2.45) is 0 Å². The fourth-order valence-corrected chi connectivity index (χ4v) is 6.96. The molecule has 3 heterocycles. The summed E-state index contributed by atoms with van der Waals surface area (Å²) in [7, 11) is 0. The summed E-state index contributed by atoms with van der Waals surface area (Å²) in [6.07, 6.45) is -4.94. The Labute approximate surface area is 292 Å². The molecule has 1 saturated heterocycles. The maximum atomic E-state index is 15.2. The van der Waals surface area contributed by atoms with Crippen molar-refractivity contribution >= 4 is 6.09 Å². The lowest BCUT2D eigenvalue weighted by molar-refractivity contribution is -0.138. The third-order valence-electron chi connectivity index (χ3n) is 9.39. The van der Waals surface area contributed by atoms with Crippen LogP contribution in [-0.4, -0.2) is 38.8 Å². The number of ether oxygens (including phenoxy) is 2. The van der Waals surface area contributed by atoms with Gasteiger partial charge in [-0.05, 0) is 56.9 Å². The number of nitrogens with zero attached hydrogens (tertiary/aromatic N) is 3. The van der Waals surface area contributed by atoms with Crippen molar-refractivity contribution in [1.29, 1.82) is 0 Å². The van der Waals surface area contributed by atoms with Crippen molar-refractivity contribution in [2.75, 3.05) is 13.1 Å². The number of carbonyl (C=O) groups is 1. The zero-order valence-corrected chi connectivity index (χ0v) is 28.6. The van der Waals surface area contributed by atoms with E-state index in [0.29, 0.717) is 38.0 Å². The number of likely N-dealkylation sites (tertiary alicyclic amines) is 1. The van der Waals surface area contributed by atoms with Gasteiger partial charge in [0.1, 0.15) is 17.0 Å². The van der Waals surface area contributed by atoms with Crippen LogP contribution in [0.5, 0.6) is 0 Å². The minimum Gasteiger partial charge on any atom is -0.444 e. The van der Waals surface area contributed by atoms with Gasteiger partial charge in [0, 0.05) is 25.2 Å². The summed E-state index contributed by atoms with van der Waals surface area (Å²) in [6, 6.07) is 20.2. The number of hydrogen-bond donors (Lipinski definition) is 1. The number of fused-ring (bicyclic) bond motifs is 2. The number of nitrogens with one attached hydrogen (secondary N) is 1. The Morgan fingerprint density at radius 3 is 2.18 bits per heavy atom. The van der Waals surface area contributed by atoms with E-state index in [4.69, 9.17) is 9.47 Å². The molecule has 0 aliphatic carbocycles. The number of aromatic nitrogens is 2. The molecule has 1 amide bonds. The number of piperidine rings is 1. The molecule has 3 aromatic carbocycles. The Bertz CT molecular complexity index is 2000. The molecule has 0 bridgehead atoms. The highest BCUT2D eigenvalue weighted by atomic mass is 19.4. The summed E-state index contributed by atoms with van der Waals surface area (Å²) < 4.78 is 71.4. The van der Waals surface area contributed by atoms with Crippen LogP contribution < -0.4 is 16.6 Å². The van der Waals surface area contributed by atoms with E-state index in [1.807, 2.05) is 30.3 Å². The smallest absolute Gasteiger partial charge is 0.416 e. The Morgan fingerprint density at radius 2 is 1.55 bits per heavy atom. The molecule has 0 unspecified atom stereocenters. The Morgan fingerprint density at radius 1 is 0.902 bits per heavy atom. The maximum absolute atomic E-state index is 15.2. The normalized spacial score (nSPS) is 16.5. The Kier molecular flexibility index (Phi) is 9.97. The molecule has 1 spiro atoms. The molecule has 6 rings (SSSR count). The predicted octanol–water partition coefficient (Wildman–Crippen LogP) is 6.50. The van der Waals surface area contributed by atoms with E-state index < -0.39 is 64.3 Å². The highest BCUT2D eigenvalue weighted by Gasteiger charge is 2.47. The van der Waals surface area contributed by atoms with Crippen molar-refractivity contribution in [3.8, 4) is 0 Å². The maximum Gasteiger partial charge on any atom is 0.416 e. The quantitative estimate of drug-likeness (QED) is 0.210. The fourth-order valence-electron chi connectivity index (χ4n) is 6.96. The van der Waals surface area contributed by atoms with Gasteiger partial charge in [-0.1, -0.05) is 66.7 Å². The number of benzene rings is 3. The number of amides is 1. The molecule has 2 aliphatic rings. The first-order chi connectivity index (χ1) is 24.1. The zero-order chi connectivity index (χ0) is 36.6. The van der Waals surface area contributed by atoms with Gasteiger partial charge in [0.05, 0.1) is 42.6 Å². The standard InChI is InChI=1S/C38H40F4N4O5/c1-36(2,3)51-34(48)43-30(26-13-8-5-9-14-26)23-46-33(47)32-31(45(35(46)49)22-27-28(38(40,41)42)15-10-16-29(27)39)24-50-37(32)17-19-44(20-18-37)21-25-11-6-4-7-12-25/h4-16,30H,17-24H2,1-3H3,(H,43,48)/t30-/m0/s1. The summed E-state index contributed by atoms with van der Waals surface area (Å²) in [5.41, 5.74) is -3.61. The van der Waals surface area contributed by atoms with Gasteiger partial charge in [0.2, 0.25) is 0 Å². The van der Waals surface area contributed by atoms with Crippen LogP contribution in [0.1, 0.15) is 73.2 Å². The minimum atomic E-state index is -4.91. The van der Waals surface area contributed by atoms with Crippen LogP contribution >= 0.6 is 0 Å². The Hall–Kier alpha value is -4.75. The highest BCUT2D eigenvalue weighted by molar-refractivity contribution is 5.68. The lowest BCUT2D eigenvalue weighted by Crippen LogP contribution is -2.50. The van der Waals surface area contributed by atoms with E-state index in [-0.39, 0.29) is 24.4 Å². The average Bonchev–Trinajstić information content (AvgIpc) is 3.44. The van der Waals surface area contributed by atoms with Crippen LogP contribution in [-0.2, 0) is 47.5 Å². The van der Waals surface area contributed by atoms with E-state index in [2.05, 4.69) is 10.2 Å². The molecule has 51 heavy (non-hydrogen) atoms. The zero-order valence-electron chi connectivity index (χ0n) is 28.6. The Balaban J connectivity index is 1.45. The molecular formula is C38H40F4N4O5. The largest absolute Gasteiger partial charge is 0.444 e. The second kappa shape index (κ2) is 14.1. The second-order valence-corrected chi connectivity index (χ2v) is 14.0. The first-order valence-electron chi connectivity index (χ1n) is 16.8. The SMILES string of the molecule is CC(C)(C)OC(=O)N[C@@H](Cn1c(=O)c2c(n(Cc3c(F)cccc3C(F)(F)F)c1=O)COC21CCN(Cc2ccccc2)CC1)c1ccccc1. The summed E-state index contributed by atoms with van der Waals surface area (Å²) in [5, 5.41) is 2.75. The van der Waals surface area contributed by atoms with Gasteiger partial charge in [-0.15, -0.1) is 0 Å². The van der Waals surface area contributed by atoms with Crippen LogP contribution in [0, 0.1) is 5.82 Å². The van der Waals surface area contributed by atoms with Gasteiger partial charge in [-0.3, -0.25) is 18.8 Å². The second-order valence-electron chi connectivity index (χ2n) is 14.0. The summed E-state index contributed by atoms with van der Waals surface area (Å²) in [6.45, 7) is 5.45. The first kappa shape index (κ1) is 36.1. The van der Waals surface area contributed by atoms with Gasteiger partial charge < -0.3 is 14.8 Å². The molecular weight excluding hydrogens is 668 g/mol. The van der Waals surface area contributed by atoms with Crippen molar-refractivity contribution < 1.29 is 31.8 Å². The molecule has 270 valence electrons. The van der Waals surface area contributed by atoms with Crippen LogP contribution in [0.25, 0.3) is 0 Å².